The molecule has 6 heteroatoms. The first kappa shape index (κ1) is 16.3. The third-order valence-electron chi connectivity index (χ3n) is 4.26. The van der Waals surface area contributed by atoms with Crippen molar-refractivity contribution in [2.24, 2.45) is 0 Å². The molecule has 3 heterocycles. The summed E-state index contributed by atoms with van der Waals surface area (Å²) in [6, 6.07) is 12.0. The normalized spacial score (nSPS) is 16.5. The van der Waals surface area contributed by atoms with Gasteiger partial charge in [-0.2, -0.15) is 0 Å². The third kappa shape index (κ3) is 3.32. The Balaban J connectivity index is 1.55. The van der Waals surface area contributed by atoms with Crippen molar-refractivity contribution in [2.45, 2.75) is 12.5 Å². The lowest BCUT2D eigenvalue weighted by Crippen LogP contribution is -2.42. The highest BCUT2D eigenvalue weighted by Crippen LogP contribution is 2.39. The zero-order valence-electron chi connectivity index (χ0n) is 13.4. The molecule has 0 unspecified atom stereocenters. The summed E-state index contributed by atoms with van der Waals surface area (Å²) >= 11 is 3.40. The molecule has 0 spiro atoms. The SMILES string of the molecule is O=C(COc1cccc(F)c1)N1CCc2sccc2[C@H]1c1cccs1. The van der Waals surface area contributed by atoms with E-state index in [0.717, 1.165) is 11.3 Å². The molecule has 1 aliphatic rings. The van der Waals surface area contributed by atoms with Gasteiger partial charge in [-0.25, -0.2) is 4.39 Å². The summed E-state index contributed by atoms with van der Waals surface area (Å²) in [5.41, 5.74) is 1.21. The summed E-state index contributed by atoms with van der Waals surface area (Å²) in [6.07, 6.45) is 0.862. The molecule has 0 bridgehead atoms. The van der Waals surface area contributed by atoms with E-state index in [4.69, 9.17) is 4.74 Å². The maximum Gasteiger partial charge on any atom is 0.261 e. The van der Waals surface area contributed by atoms with Gasteiger partial charge in [-0.3, -0.25) is 4.79 Å². The second-order valence-electron chi connectivity index (χ2n) is 5.80. The van der Waals surface area contributed by atoms with E-state index in [1.807, 2.05) is 16.3 Å². The molecule has 0 radical (unpaired) electrons. The molecule has 0 aliphatic carbocycles. The van der Waals surface area contributed by atoms with Crippen LogP contribution in [-0.2, 0) is 11.2 Å². The Kier molecular flexibility index (Phi) is 4.55. The fourth-order valence-corrected chi connectivity index (χ4v) is 4.88. The highest BCUT2D eigenvalue weighted by atomic mass is 32.1. The number of carbonyl (C=O) groups excluding carboxylic acids is 1. The fourth-order valence-electron chi connectivity index (χ4n) is 3.12. The van der Waals surface area contributed by atoms with Gasteiger partial charge in [0.05, 0.1) is 6.04 Å². The molecule has 1 amide bonds. The van der Waals surface area contributed by atoms with E-state index in [9.17, 15) is 9.18 Å². The topological polar surface area (TPSA) is 29.5 Å². The maximum absolute atomic E-state index is 13.3. The summed E-state index contributed by atoms with van der Waals surface area (Å²) in [7, 11) is 0. The maximum atomic E-state index is 13.3. The minimum atomic E-state index is -0.373. The molecule has 0 N–H and O–H groups in total. The lowest BCUT2D eigenvalue weighted by atomic mass is 9.98. The predicted molar refractivity (Wildman–Crippen MR) is 97.8 cm³/mol. The van der Waals surface area contributed by atoms with Crippen molar-refractivity contribution in [1.82, 2.24) is 4.90 Å². The van der Waals surface area contributed by atoms with E-state index in [2.05, 4.69) is 17.5 Å². The monoisotopic (exact) mass is 373 g/mol. The number of fused-ring (bicyclic) bond motifs is 1. The predicted octanol–water partition coefficient (Wildman–Crippen LogP) is 4.50. The van der Waals surface area contributed by atoms with Crippen LogP contribution in [0, 0.1) is 5.82 Å². The van der Waals surface area contributed by atoms with Crippen LogP contribution in [0.25, 0.3) is 0 Å². The summed E-state index contributed by atoms with van der Waals surface area (Å²) in [5, 5.41) is 4.12. The van der Waals surface area contributed by atoms with E-state index in [1.54, 1.807) is 34.8 Å². The quantitative estimate of drug-likeness (QED) is 0.674. The van der Waals surface area contributed by atoms with Crippen LogP contribution in [0.2, 0.25) is 0 Å². The molecule has 1 aliphatic heterocycles. The van der Waals surface area contributed by atoms with Crippen LogP contribution < -0.4 is 4.74 Å². The average molecular weight is 373 g/mol. The molecule has 3 nitrogen and oxygen atoms in total. The number of hydrogen-bond acceptors (Lipinski definition) is 4. The molecule has 0 saturated heterocycles. The number of nitrogens with zero attached hydrogens (tertiary/aromatic N) is 1. The summed E-state index contributed by atoms with van der Waals surface area (Å²) in [4.78, 5) is 17.2. The van der Waals surface area contributed by atoms with Crippen LogP contribution in [0.3, 0.4) is 0 Å². The third-order valence-corrected chi connectivity index (χ3v) is 6.18. The average Bonchev–Trinajstić information content (AvgIpc) is 3.30. The van der Waals surface area contributed by atoms with Gasteiger partial charge >= 0.3 is 0 Å². The fraction of sp³-hybridized carbons (Fsp3) is 0.211. The molecule has 3 aromatic rings. The number of rotatable bonds is 4. The van der Waals surface area contributed by atoms with Crippen LogP contribution in [-0.4, -0.2) is 24.0 Å². The van der Waals surface area contributed by atoms with Crippen molar-refractivity contribution >= 4 is 28.6 Å². The number of benzene rings is 1. The largest absolute Gasteiger partial charge is 0.484 e. The Hall–Kier alpha value is -2.18. The number of hydrogen-bond donors (Lipinski definition) is 0. The molecule has 128 valence electrons. The molecule has 4 rings (SSSR count). The van der Waals surface area contributed by atoms with Crippen molar-refractivity contribution in [2.75, 3.05) is 13.2 Å². The van der Waals surface area contributed by atoms with Gasteiger partial charge in [-0.05, 0) is 47.0 Å². The molecular formula is C19H16FNO2S2. The molecule has 0 fully saturated rings. The van der Waals surface area contributed by atoms with Crippen molar-refractivity contribution in [3.63, 3.8) is 0 Å². The first-order valence-corrected chi connectivity index (χ1v) is 9.76. The van der Waals surface area contributed by atoms with Crippen molar-refractivity contribution in [1.29, 1.82) is 0 Å². The standard InChI is InChI=1S/C19H16FNO2S2/c20-13-3-1-4-14(11-13)23-12-18(22)21-8-6-16-15(7-10-25-16)19(21)17-5-2-9-24-17/h1-5,7,9-11,19H,6,8,12H2/t19-/m0/s1. The van der Waals surface area contributed by atoms with Gasteiger partial charge in [-0.1, -0.05) is 12.1 Å². The smallest absolute Gasteiger partial charge is 0.261 e. The first-order chi connectivity index (χ1) is 12.2. The van der Waals surface area contributed by atoms with Gasteiger partial charge in [0.2, 0.25) is 0 Å². The van der Waals surface area contributed by atoms with Crippen LogP contribution in [0.4, 0.5) is 4.39 Å². The zero-order valence-corrected chi connectivity index (χ0v) is 15.0. The zero-order chi connectivity index (χ0) is 17.2. The van der Waals surface area contributed by atoms with Gasteiger partial charge in [0, 0.05) is 22.4 Å². The van der Waals surface area contributed by atoms with E-state index in [-0.39, 0.29) is 24.4 Å². The second kappa shape index (κ2) is 6.98. The van der Waals surface area contributed by atoms with Gasteiger partial charge in [0.1, 0.15) is 11.6 Å². The Morgan fingerprint density at radius 2 is 2.12 bits per heavy atom. The molecule has 2 aromatic heterocycles. The van der Waals surface area contributed by atoms with Crippen molar-refractivity contribution in [3.05, 3.63) is 74.4 Å². The lowest BCUT2D eigenvalue weighted by Gasteiger charge is -2.35. The second-order valence-corrected chi connectivity index (χ2v) is 7.78. The summed E-state index contributed by atoms with van der Waals surface area (Å²) < 4.78 is 18.8. The first-order valence-electron chi connectivity index (χ1n) is 8.00. The number of halogens is 1. The molecule has 0 saturated carbocycles. The van der Waals surface area contributed by atoms with E-state index in [0.29, 0.717) is 12.3 Å². The van der Waals surface area contributed by atoms with Gasteiger partial charge in [0.15, 0.2) is 6.61 Å². The highest BCUT2D eigenvalue weighted by Gasteiger charge is 2.33. The number of thiophene rings is 2. The van der Waals surface area contributed by atoms with Gasteiger partial charge in [0.25, 0.3) is 5.91 Å². The molecule has 1 aromatic carbocycles. The van der Waals surface area contributed by atoms with E-state index in [1.165, 1.54) is 22.6 Å². The Morgan fingerprint density at radius 3 is 2.92 bits per heavy atom. The number of carbonyl (C=O) groups is 1. The Labute approximate surface area is 153 Å². The molecular weight excluding hydrogens is 357 g/mol. The van der Waals surface area contributed by atoms with Crippen molar-refractivity contribution in [3.8, 4) is 5.75 Å². The minimum Gasteiger partial charge on any atom is -0.484 e. The van der Waals surface area contributed by atoms with E-state index >= 15 is 0 Å². The van der Waals surface area contributed by atoms with E-state index < -0.39 is 0 Å². The molecule has 1 atom stereocenters. The van der Waals surface area contributed by atoms with Gasteiger partial charge in [-0.15, -0.1) is 22.7 Å². The molecule has 25 heavy (non-hydrogen) atoms. The summed E-state index contributed by atoms with van der Waals surface area (Å²) in [6.45, 7) is 0.576. The van der Waals surface area contributed by atoms with Crippen LogP contribution in [0.15, 0.2) is 53.2 Å². The van der Waals surface area contributed by atoms with Crippen LogP contribution in [0.1, 0.15) is 21.4 Å². The Morgan fingerprint density at radius 1 is 1.20 bits per heavy atom. The summed E-state index contributed by atoms with van der Waals surface area (Å²) in [5.74, 6) is -0.0870. The number of amides is 1. The van der Waals surface area contributed by atoms with Crippen LogP contribution in [0.5, 0.6) is 5.75 Å². The minimum absolute atomic E-state index is 0.0568. The number of ether oxygens (including phenoxy) is 1. The lowest BCUT2D eigenvalue weighted by molar-refractivity contribution is -0.135. The highest BCUT2D eigenvalue weighted by molar-refractivity contribution is 7.10. The Bertz CT molecular complexity index is 875. The van der Waals surface area contributed by atoms with Gasteiger partial charge < -0.3 is 9.64 Å². The van der Waals surface area contributed by atoms with Crippen LogP contribution >= 0.6 is 22.7 Å². The van der Waals surface area contributed by atoms with Crippen molar-refractivity contribution < 1.29 is 13.9 Å².